The molecule has 2 aromatic rings. The number of aryl methyl sites for hydroxylation is 1. The molecule has 1 atom stereocenters. The molecule has 0 aliphatic carbocycles. The normalized spacial score (nSPS) is 12.4. The largest absolute Gasteiger partial charge is 0.496 e. The highest BCUT2D eigenvalue weighted by Gasteiger charge is 2.21. The van der Waals surface area contributed by atoms with Crippen LogP contribution in [0.25, 0.3) is 0 Å². The molecule has 0 aromatic carbocycles. The van der Waals surface area contributed by atoms with Gasteiger partial charge in [0, 0.05) is 16.8 Å². The molecule has 0 aliphatic rings. The van der Waals surface area contributed by atoms with Gasteiger partial charge in [-0.05, 0) is 12.5 Å². The molecule has 5 nitrogen and oxygen atoms in total. The minimum absolute atomic E-state index is 0.252. The Balaban J connectivity index is 2.35. The standard InChI is InChI=1S/C13H19N3O2S/c1-4-5-16-13(10(18-3)7-15-16)12(14)11-6-9(17-2)8-19-11/h6-8,12H,4-5,14H2,1-3H3. The molecule has 6 heteroatoms. The van der Waals surface area contributed by atoms with Crippen molar-refractivity contribution in [2.45, 2.75) is 25.9 Å². The highest BCUT2D eigenvalue weighted by Crippen LogP contribution is 2.33. The smallest absolute Gasteiger partial charge is 0.161 e. The summed E-state index contributed by atoms with van der Waals surface area (Å²) in [4.78, 5) is 1.04. The minimum Gasteiger partial charge on any atom is -0.496 e. The second-order valence-corrected chi connectivity index (χ2v) is 5.13. The molecule has 2 rings (SSSR count). The van der Waals surface area contributed by atoms with E-state index in [4.69, 9.17) is 15.2 Å². The van der Waals surface area contributed by atoms with Crippen LogP contribution in [0.5, 0.6) is 11.5 Å². The Labute approximate surface area is 116 Å². The van der Waals surface area contributed by atoms with Crippen molar-refractivity contribution in [3.8, 4) is 11.5 Å². The first-order valence-corrected chi connectivity index (χ1v) is 7.06. The van der Waals surface area contributed by atoms with E-state index in [1.54, 1.807) is 31.8 Å². The molecule has 104 valence electrons. The van der Waals surface area contributed by atoms with Crippen LogP contribution in [0.2, 0.25) is 0 Å². The van der Waals surface area contributed by atoms with Gasteiger partial charge in [0.25, 0.3) is 0 Å². The van der Waals surface area contributed by atoms with Gasteiger partial charge in [0.1, 0.15) is 11.4 Å². The molecule has 0 amide bonds. The van der Waals surface area contributed by atoms with Gasteiger partial charge in [-0.15, -0.1) is 11.3 Å². The van der Waals surface area contributed by atoms with Crippen molar-refractivity contribution in [2.75, 3.05) is 14.2 Å². The Hall–Kier alpha value is -1.53. The van der Waals surface area contributed by atoms with Crippen LogP contribution in [0, 0.1) is 0 Å². The quantitative estimate of drug-likeness (QED) is 0.883. The average Bonchev–Trinajstić information content (AvgIpc) is 3.04. The van der Waals surface area contributed by atoms with Gasteiger partial charge < -0.3 is 15.2 Å². The molecule has 2 heterocycles. The van der Waals surface area contributed by atoms with E-state index in [1.807, 2.05) is 16.1 Å². The van der Waals surface area contributed by atoms with Gasteiger partial charge in [-0.1, -0.05) is 6.92 Å². The predicted molar refractivity (Wildman–Crippen MR) is 76.0 cm³/mol. The lowest BCUT2D eigenvalue weighted by Gasteiger charge is -2.14. The fourth-order valence-electron chi connectivity index (χ4n) is 1.98. The summed E-state index contributed by atoms with van der Waals surface area (Å²) in [7, 11) is 3.29. The predicted octanol–water partition coefficient (Wildman–Crippen LogP) is 2.42. The van der Waals surface area contributed by atoms with E-state index in [-0.39, 0.29) is 6.04 Å². The molecule has 2 aromatic heterocycles. The van der Waals surface area contributed by atoms with E-state index in [0.29, 0.717) is 0 Å². The second kappa shape index (κ2) is 6.08. The number of ether oxygens (including phenoxy) is 2. The van der Waals surface area contributed by atoms with Crippen LogP contribution >= 0.6 is 11.3 Å². The van der Waals surface area contributed by atoms with Crippen molar-refractivity contribution >= 4 is 11.3 Å². The fourth-order valence-corrected chi connectivity index (χ4v) is 2.84. The molecule has 0 spiro atoms. The number of hydrogen-bond acceptors (Lipinski definition) is 5. The van der Waals surface area contributed by atoms with Crippen LogP contribution in [0.4, 0.5) is 0 Å². The average molecular weight is 281 g/mol. The summed E-state index contributed by atoms with van der Waals surface area (Å²) >= 11 is 1.58. The summed E-state index contributed by atoms with van der Waals surface area (Å²) in [5, 5.41) is 6.28. The number of hydrogen-bond donors (Lipinski definition) is 1. The lowest BCUT2D eigenvalue weighted by Crippen LogP contribution is -2.17. The van der Waals surface area contributed by atoms with Crippen molar-refractivity contribution in [1.82, 2.24) is 9.78 Å². The minimum atomic E-state index is -0.252. The summed E-state index contributed by atoms with van der Waals surface area (Å²) in [6.07, 6.45) is 2.72. The van der Waals surface area contributed by atoms with Crippen molar-refractivity contribution in [2.24, 2.45) is 5.73 Å². The summed E-state index contributed by atoms with van der Waals surface area (Å²) in [6.45, 7) is 2.94. The number of aromatic nitrogens is 2. The monoisotopic (exact) mass is 281 g/mol. The van der Waals surface area contributed by atoms with Crippen LogP contribution in [0.15, 0.2) is 17.6 Å². The molecule has 0 fully saturated rings. The van der Waals surface area contributed by atoms with Gasteiger partial charge in [-0.2, -0.15) is 5.10 Å². The third kappa shape index (κ3) is 2.74. The highest BCUT2D eigenvalue weighted by molar-refractivity contribution is 7.10. The maximum atomic E-state index is 6.35. The Morgan fingerprint density at radius 2 is 2.21 bits per heavy atom. The maximum absolute atomic E-state index is 6.35. The Morgan fingerprint density at radius 1 is 1.42 bits per heavy atom. The SMILES string of the molecule is CCCn1ncc(OC)c1C(N)c1cc(OC)cs1. The zero-order valence-corrected chi connectivity index (χ0v) is 12.2. The van der Waals surface area contributed by atoms with Crippen LogP contribution in [0.3, 0.4) is 0 Å². The van der Waals surface area contributed by atoms with Gasteiger partial charge >= 0.3 is 0 Å². The lowest BCUT2D eigenvalue weighted by molar-refractivity contribution is 0.403. The molecule has 0 radical (unpaired) electrons. The fraction of sp³-hybridized carbons (Fsp3) is 0.462. The molecule has 19 heavy (non-hydrogen) atoms. The summed E-state index contributed by atoms with van der Waals surface area (Å²) in [5.41, 5.74) is 7.26. The molecular weight excluding hydrogens is 262 g/mol. The van der Waals surface area contributed by atoms with Gasteiger partial charge in [0.05, 0.1) is 26.5 Å². The highest BCUT2D eigenvalue weighted by atomic mass is 32.1. The van der Waals surface area contributed by atoms with Crippen molar-refractivity contribution in [1.29, 1.82) is 0 Å². The van der Waals surface area contributed by atoms with Gasteiger partial charge in [0.15, 0.2) is 5.75 Å². The van der Waals surface area contributed by atoms with Crippen molar-refractivity contribution in [3.63, 3.8) is 0 Å². The van der Waals surface area contributed by atoms with Crippen LogP contribution in [0.1, 0.15) is 30.0 Å². The molecule has 2 N–H and O–H groups in total. The van der Waals surface area contributed by atoms with Crippen molar-refractivity contribution < 1.29 is 9.47 Å². The Bertz CT molecular complexity index is 536. The van der Waals surface area contributed by atoms with Gasteiger partial charge in [0.2, 0.25) is 0 Å². The number of nitrogens with zero attached hydrogens (tertiary/aromatic N) is 2. The summed E-state index contributed by atoms with van der Waals surface area (Å²) in [5.74, 6) is 1.56. The zero-order valence-electron chi connectivity index (χ0n) is 11.4. The second-order valence-electron chi connectivity index (χ2n) is 4.19. The Kier molecular flexibility index (Phi) is 4.44. The van der Waals surface area contributed by atoms with E-state index < -0.39 is 0 Å². The van der Waals surface area contributed by atoms with Crippen molar-refractivity contribution in [3.05, 3.63) is 28.2 Å². The van der Waals surface area contributed by atoms with Crippen LogP contribution in [-0.2, 0) is 6.54 Å². The van der Waals surface area contributed by atoms with Gasteiger partial charge in [-0.3, -0.25) is 4.68 Å². The molecule has 0 aliphatic heterocycles. The first-order valence-electron chi connectivity index (χ1n) is 6.19. The number of thiophene rings is 1. The third-order valence-electron chi connectivity index (χ3n) is 2.93. The third-order valence-corrected chi connectivity index (χ3v) is 3.93. The van der Waals surface area contributed by atoms with Crippen LogP contribution in [-0.4, -0.2) is 24.0 Å². The summed E-state index contributed by atoms with van der Waals surface area (Å²) < 4.78 is 12.5. The van der Waals surface area contributed by atoms with E-state index in [2.05, 4.69) is 12.0 Å². The summed E-state index contributed by atoms with van der Waals surface area (Å²) in [6, 6.07) is 1.70. The number of nitrogens with two attached hydrogens (primary N) is 1. The molecule has 0 saturated carbocycles. The van der Waals surface area contributed by atoms with E-state index in [0.717, 1.165) is 35.0 Å². The Morgan fingerprint density at radius 3 is 2.79 bits per heavy atom. The van der Waals surface area contributed by atoms with E-state index in [1.165, 1.54) is 0 Å². The first-order chi connectivity index (χ1) is 9.21. The van der Waals surface area contributed by atoms with Gasteiger partial charge in [-0.25, -0.2) is 0 Å². The zero-order chi connectivity index (χ0) is 13.8. The van der Waals surface area contributed by atoms with E-state index in [9.17, 15) is 0 Å². The number of methoxy groups -OCH3 is 2. The molecule has 0 bridgehead atoms. The molecular formula is C13H19N3O2S. The van der Waals surface area contributed by atoms with Crippen LogP contribution < -0.4 is 15.2 Å². The molecule has 1 unspecified atom stereocenters. The first kappa shape index (κ1) is 13.9. The maximum Gasteiger partial charge on any atom is 0.161 e. The number of rotatable bonds is 6. The molecule has 0 saturated heterocycles. The van der Waals surface area contributed by atoms with E-state index >= 15 is 0 Å². The lowest BCUT2D eigenvalue weighted by atomic mass is 10.1. The topological polar surface area (TPSA) is 62.3 Å².